The molecule has 1 rings (SSSR count). The van der Waals surface area contributed by atoms with Crippen LogP contribution >= 0.6 is 0 Å². The average molecular weight is 249 g/mol. The summed E-state index contributed by atoms with van der Waals surface area (Å²) < 4.78 is 41.1. The fraction of sp³-hybridized carbons (Fsp3) is 0.455. The van der Waals surface area contributed by atoms with Crippen LogP contribution in [0.25, 0.3) is 0 Å². The molecule has 0 aliphatic carbocycles. The van der Waals surface area contributed by atoms with Crippen molar-refractivity contribution in [3.8, 4) is 5.75 Å². The molecule has 0 spiro atoms. The van der Waals surface area contributed by atoms with E-state index in [4.69, 9.17) is 5.73 Å². The van der Waals surface area contributed by atoms with Crippen molar-refractivity contribution in [2.45, 2.75) is 32.1 Å². The van der Waals surface area contributed by atoms with Crippen LogP contribution in [-0.4, -0.2) is 17.3 Å². The molecule has 6 heteroatoms. The van der Waals surface area contributed by atoms with Gasteiger partial charge in [-0.15, -0.1) is 0 Å². The molecule has 1 aromatic rings. The minimum Gasteiger partial charge on any atom is -0.432 e. The van der Waals surface area contributed by atoms with Crippen molar-refractivity contribution >= 4 is 0 Å². The summed E-state index contributed by atoms with van der Waals surface area (Å²) in [6.07, 6.45) is 0. The molecule has 0 aliphatic heterocycles. The van der Waals surface area contributed by atoms with Crippen molar-refractivity contribution in [1.82, 2.24) is 0 Å². The van der Waals surface area contributed by atoms with Crippen LogP contribution in [0.3, 0.4) is 0 Å². The maximum absolute atomic E-state index is 13.4. The first-order valence-corrected chi connectivity index (χ1v) is 4.94. The highest BCUT2D eigenvalue weighted by molar-refractivity contribution is 5.32. The molecule has 3 nitrogen and oxygen atoms in total. The van der Waals surface area contributed by atoms with Gasteiger partial charge in [-0.1, -0.05) is 6.07 Å². The molecule has 17 heavy (non-hydrogen) atoms. The van der Waals surface area contributed by atoms with Gasteiger partial charge < -0.3 is 15.6 Å². The van der Waals surface area contributed by atoms with Crippen LogP contribution in [-0.2, 0) is 0 Å². The fourth-order valence-corrected chi connectivity index (χ4v) is 1.31. The van der Waals surface area contributed by atoms with E-state index in [0.717, 1.165) is 12.1 Å². The number of alkyl halides is 2. The number of benzene rings is 1. The number of aliphatic hydroxyl groups is 1. The summed E-state index contributed by atoms with van der Waals surface area (Å²) >= 11 is 0. The first kappa shape index (κ1) is 13.8. The van der Waals surface area contributed by atoms with Crippen LogP contribution in [0.15, 0.2) is 18.2 Å². The molecule has 3 N–H and O–H groups in total. The van der Waals surface area contributed by atoms with E-state index in [1.54, 1.807) is 0 Å². The van der Waals surface area contributed by atoms with Crippen LogP contribution in [0.4, 0.5) is 13.2 Å². The number of halogens is 3. The van der Waals surface area contributed by atoms with Crippen molar-refractivity contribution < 1.29 is 23.0 Å². The highest BCUT2D eigenvalue weighted by atomic mass is 19.3. The SMILES string of the molecule is CC(C)(O)C(N)c1ccc(OC(F)F)c(F)c1. The molecule has 0 saturated heterocycles. The predicted molar refractivity (Wildman–Crippen MR) is 56.3 cm³/mol. The fourth-order valence-electron chi connectivity index (χ4n) is 1.31. The second kappa shape index (κ2) is 4.93. The quantitative estimate of drug-likeness (QED) is 0.860. The standard InChI is InChI=1S/C11H14F3NO2/c1-11(2,16)9(15)6-3-4-8(7(12)5-6)17-10(13)14/h3-5,9-10,16H,15H2,1-2H3. The second-order valence-corrected chi connectivity index (χ2v) is 4.20. The second-order valence-electron chi connectivity index (χ2n) is 4.20. The Morgan fingerprint density at radius 1 is 1.35 bits per heavy atom. The zero-order chi connectivity index (χ0) is 13.2. The topological polar surface area (TPSA) is 55.5 Å². The number of nitrogens with two attached hydrogens (primary N) is 1. The highest BCUT2D eigenvalue weighted by Gasteiger charge is 2.25. The predicted octanol–water partition coefficient (Wildman–Crippen LogP) is 2.20. The molecule has 1 unspecified atom stereocenters. The summed E-state index contributed by atoms with van der Waals surface area (Å²) in [5.74, 6) is -1.49. The van der Waals surface area contributed by atoms with E-state index in [0.29, 0.717) is 5.56 Å². The Kier molecular flexibility index (Phi) is 4.00. The first-order chi connectivity index (χ1) is 7.71. The molecular weight excluding hydrogens is 235 g/mol. The monoisotopic (exact) mass is 249 g/mol. The maximum atomic E-state index is 13.4. The van der Waals surface area contributed by atoms with Gasteiger partial charge in [0, 0.05) is 0 Å². The molecule has 96 valence electrons. The number of ether oxygens (including phenoxy) is 1. The van der Waals surface area contributed by atoms with Crippen molar-refractivity contribution in [2.24, 2.45) is 5.73 Å². The number of hydrogen-bond acceptors (Lipinski definition) is 3. The third kappa shape index (κ3) is 3.61. The molecule has 1 atom stereocenters. The molecule has 0 amide bonds. The Labute approximate surface area is 97.0 Å². The Bertz CT molecular complexity index is 391. The van der Waals surface area contributed by atoms with Crippen LogP contribution in [0.5, 0.6) is 5.75 Å². The Morgan fingerprint density at radius 2 is 1.94 bits per heavy atom. The normalized spacial score (nSPS) is 13.9. The lowest BCUT2D eigenvalue weighted by Crippen LogP contribution is -2.35. The molecule has 1 aromatic carbocycles. The van der Waals surface area contributed by atoms with Gasteiger partial charge in [0.1, 0.15) is 0 Å². The van der Waals surface area contributed by atoms with E-state index >= 15 is 0 Å². The highest BCUT2D eigenvalue weighted by Crippen LogP contribution is 2.27. The molecule has 0 heterocycles. The molecule has 0 fully saturated rings. The van der Waals surface area contributed by atoms with E-state index in [1.807, 2.05) is 0 Å². The van der Waals surface area contributed by atoms with Gasteiger partial charge in [0.2, 0.25) is 0 Å². The van der Waals surface area contributed by atoms with Crippen LogP contribution in [0.1, 0.15) is 25.5 Å². The zero-order valence-corrected chi connectivity index (χ0v) is 9.45. The summed E-state index contributed by atoms with van der Waals surface area (Å²) in [6.45, 7) is -0.142. The van der Waals surface area contributed by atoms with E-state index < -0.39 is 29.8 Å². The molecule has 0 radical (unpaired) electrons. The van der Waals surface area contributed by atoms with E-state index in [2.05, 4.69) is 4.74 Å². The third-order valence-electron chi connectivity index (χ3n) is 2.29. The summed E-state index contributed by atoms with van der Waals surface area (Å²) in [5.41, 5.74) is 4.75. The van der Waals surface area contributed by atoms with Crippen molar-refractivity contribution in [2.75, 3.05) is 0 Å². The largest absolute Gasteiger partial charge is 0.432 e. The van der Waals surface area contributed by atoms with Gasteiger partial charge in [-0.3, -0.25) is 0 Å². The van der Waals surface area contributed by atoms with Gasteiger partial charge in [-0.2, -0.15) is 8.78 Å². The van der Waals surface area contributed by atoms with E-state index in [1.165, 1.54) is 19.9 Å². The smallest absolute Gasteiger partial charge is 0.387 e. The summed E-state index contributed by atoms with van der Waals surface area (Å²) in [4.78, 5) is 0. The van der Waals surface area contributed by atoms with E-state index in [9.17, 15) is 18.3 Å². The van der Waals surface area contributed by atoms with Gasteiger partial charge >= 0.3 is 6.61 Å². The van der Waals surface area contributed by atoms with Crippen molar-refractivity contribution in [1.29, 1.82) is 0 Å². The Balaban J connectivity index is 2.96. The minimum absolute atomic E-state index is 0.302. The molecule has 0 saturated carbocycles. The van der Waals surface area contributed by atoms with Gasteiger partial charge in [0.05, 0.1) is 11.6 Å². The van der Waals surface area contributed by atoms with Gasteiger partial charge in [0.25, 0.3) is 0 Å². The molecular formula is C11H14F3NO2. The summed E-state index contributed by atoms with van der Waals surface area (Å²) in [6, 6.07) is 2.55. The lowest BCUT2D eigenvalue weighted by Gasteiger charge is -2.26. The molecule has 0 aromatic heterocycles. The zero-order valence-electron chi connectivity index (χ0n) is 9.45. The Hall–Kier alpha value is -1.27. The summed E-state index contributed by atoms with van der Waals surface area (Å²) in [7, 11) is 0. The van der Waals surface area contributed by atoms with Crippen LogP contribution in [0.2, 0.25) is 0 Å². The number of hydrogen-bond donors (Lipinski definition) is 2. The lowest BCUT2D eigenvalue weighted by atomic mass is 9.93. The third-order valence-corrected chi connectivity index (χ3v) is 2.29. The maximum Gasteiger partial charge on any atom is 0.387 e. The average Bonchev–Trinajstić information content (AvgIpc) is 2.18. The number of rotatable bonds is 4. The van der Waals surface area contributed by atoms with Crippen molar-refractivity contribution in [3.05, 3.63) is 29.6 Å². The van der Waals surface area contributed by atoms with Crippen LogP contribution < -0.4 is 10.5 Å². The first-order valence-electron chi connectivity index (χ1n) is 4.94. The summed E-state index contributed by atoms with van der Waals surface area (Å²) in [5, 5.41) is 9.65. The van der Waals surface area contributed by atoms with Gasteiger partial charge in [0.15, 0.2) is 11.6 Å². The molecule has 0 aliphatic rings. The van der Waals surface area contributed by atoms with Crippen LogP contribution in [0, 0.1) is 5.82 Å². The van der Waals surface area contributed by atoms with Gasteiger partial charge in [-0.25, -0.2) is 4.39 Å². The minimum atomic E-state index is -3.08. The van der Waals surface area contributed by atoms with Crippen molar-refractivity contribution in [3.63, 3.8) is 0 Å². The van der Waals surface area contributed by atoms with E-state index in [-0.39, 0.29) is 0 Å². The molecule has 0 bridgehead atoms. The lowest BCUT2D eigenvalue weighted by molar-refractivity contribution is -0.0522. The Morgan fingerprint density at radius 3 is 2.35 bits per heavy atom. The van der Waals surface area contributed by atoms with Gasteiger partial charge in [-0.05, 0) is 31.5 Å².